The Bertz CT molecular complexity index is 1170. The molecule has 0 bridgehead atoms. The fourth-order valence-corrected chi connectivity index (χ4v) is 5.70. The molecule has 0 radical (unpaired) electrons. The summed E-state index contributed by atoms with van der Waals surface area (Å²) in [6, 6.07) is 10.7. The molecule has 1 atom stereocenters. The first-order valence-corrected chi connectivity index (χ1v) is 15.7. The molecule has 3 rings (SSSR count). The van der Waals surface area contributed by atoms with Gasteiger partial charge in [-0.3, -0.25) is 9.59 Å². The molecular formula is C35H49NO6. The summed E-state index contributed by atoms with van der Waals surface area (Å²) in [5.41, 5.74) is 1.04. The topological polar surface area (TPSA) is 96.3 Å². The third-order valence-corrected chi connectivity index (χ3v) is 8.18. The van der Waals surface area contributed by atoms with Crippen LogP contribution in [0.3, 0.4) is 0 Å². The Morgan fingerprint density at radius 3 is 1.83 bits per heavy atom. The molecule has 0 unspecified atom stereocenters. The SMILES string of the molecule is CCCCCCCCCCCCCCCCN1C(=O)C(=O)C(=C(O)c2ccc(OC)cc2)[C@H]1c1ccc(O)c(OC)c1. The van der Waals surface area contributed by atoms with Crippen LogP contribution in [0.4, 0.5) is 0 Å². The zero-order valence-electron chi connectivity index (χ0n) is 25.7. The van der Waals surface area contributed by atoms with E-state index in [4.69, 9.17) is 9.47 Å². The second kappa shape index (κ2) is 17.5. The summed E-state index contributed by atoms with van der Waals surface area (Å²) in [7, 11) is 3.00. The van der Waals surface area contributed by atoms with Crippen LogP contribution in [0.25, 0.3) is 5.76 Å². The van der Waals surface area contributed by atoms with E-state index in [0.717, 1.165) is 19.3 Å². The smallest absolute Gasteiger partial charge is 0.295 e. The minimum Gasteiger partial charge on any atom is -0.507 e. The number of phenols is 1. The molecular weight excluding hydrogens is 530 g/mol. The number of likely N-dealkylation sites (tertiary alicyclic amines) is 1. The van der Waals surface area contributed by atoms with Gasteiger partial charge in [0, 0.05) is 12.1 Å². The number of nitrogens with zero attached hydrogens (tertiary/aromatic N) is 1. The molecule has 1 heterocycles. The van der Waals surface area contributed by atoms with Crippen molar-refractivity contribution in [2.75, 3.05) is 20.8 Å². The summed E-state index contributed by atoms with van der Waals surface area (Å²) < 4.78 is 10.5. The number of rotatable bonds is 19. The van der Waals surface area contributed by atoms with Gasteiger partial charge in [-0.1, -0.05) is 96.5 Å². The largest absolute Gasteiger partial charge is 0.507 e. The maximum Gasteiger partial charge on any atom is 0.295 e. The number of amides is 1. The molecule has 1 aliphatic rings. The molecule has 0 aromatic heterocycles. The number of benzene rings is 2. The van der Waals surface area contributed by atoms with E-state index in [1.165, 1.54) is 83.8 Å². The van der Waals surface area contributed by atoms with E-state index in [1.807, 2.05) is 0 Å². The molecule has 1 saturated heterocycles. The molecule has 1 fully saturated rings. The highest BCUT2D eigenvalue weighted by Crippen LogP contribution is 2.42. The van der Waals surface area contributed by atoms with E-state index in [-0.39, 0.29) is 22.8 Å². The Hall–Kier alpha value is -3.48. The Labute approximate surface area is 251 Å². The van der Waals surface area contributed by atoms with Crippen molar-refractivity contribution in [3.63, 3.8) is 0 Å². The van der Waals surface area contributed by atoms with Crippen LogP contribution in [0.15, 0.2) is 48.0 Å². The van der Waals surface area contributed by atoms with E-state index in [9.17, 15) is 19.8 Å². The highest BCUT2D eigenvalue weighted by molar-refractivity contribution is 6.46. The van der Waals surface area contributed by atoms with E-state index < -0.39 is 17.7 Å². The van der Waals surface area contributed by atoms with Crippen molar-refractivity contribution in [2.45, 2.75) is 103 Å². The standard InChI is InChI=1S/C35H49NO6/c1-4-5-6-7-8-9-10-11-12-13-14-15-16-17-24-36-32(27-20-23-29(37)30(25-27)42-3)31(34(39)35(36)40)33(38)26-18-21-28(41-2)22-19-26/h18-23,25,32,37-38H,4-17,24H2,1-3H3/t32-/m1/s1. The predicted molar refractivity (Wildman–Crippen MR) is 167 cm³/mol. The number of carbonyl (C=O) groups is 2. The van der Waals surface area contributed by atoms with Gasteiger partial charge in [-0.05, 0) is 48.4 Å². The van der Waals surface area contributed by atoms with Crippen LogP contribution >= 0.6 is 0 Å². The maximum atomic E-state index is 13.3. The number of ether oxygens (including phenoxy) is 2. The van der Waals surface area contributed by atoms with Crippen LogP contribution in [-0.4, -0.2) is 47.6 Å². The van der Waals surface area contributed by atoms with Crippen molar-refractivity contribution in [1.82, 2.24) is 4.90 Å². The lowest BCUT2D eigenvalue weighted by Gasteiger charge is -2.26. The van der Waals surface area contributed by atoms with Crippen LogP contribution in [-0.2, 0) is 9.59 Å². The Balaban J connectivity index is 1.61. The highest BCUT2D eigenvalue weighted by atomic mass is 16.5. The zero-order valence-corrected chi connectivity index (χ0v) is 25.7. The van der Waals surface area contributed by atoms with Gasteiger partial charge < -0.3 is 24.6 Å². The number of hydrogen-bond acceptors (Lipinski definition) is 6. The first-order chi connectivity index (χ1) is 20.4. The minimum absolute atomic E-state index is 0.0308. The third kappa shape index (κ3) is 9.01. The second-order valence-corrected chi connectivity index (χ2v) is 11.2. The summed E-state index contributed by atoms with van der Waals surface area (Å²) in [5, 5.41) is 21.4. The molecule has 42 heavy (non-hydrogen) atoms. The lowest BCUT2D eigenvalue weighted by Crippen LogP contribution is -2.30. The van der Waals surface area contributed by atoms with Crippen LogP contribution in [0.1, 0.15) is 114 Å². The number of ketones is 1. The average Bonchev–Trinajstić information content (AvgIpc) is 3.26. The van der Waals surface area contributed by atoms with Crippen molar-refractivity contribution in [3.8, 4) is 17.2 Å². The fraction of sp³-hybridized carbons (Fsp3) is 0.543. The number of aliphatic hydroxyl groups is 1. The molecule has 2 aromatic rings. The van der Waals surface area contributed by atoms with E-state index >= 15 is 0 Å². The second-order valence-electron chi connectivity index (χ2n) is 11.2. The molecule has 7 heteroatoms. The first kappa shape index (κ1) is 33.0. The lowest BCUT2D eigenvalue weighted by atomic mass is 9.95. The predicted octanol–water partition coefficient (Wildman–Crippen LogP) is 8.31. The van der Waals surface area contributed by atoms with E-state index in [2.05, 4.69) is 6.92 Å². The number of carbonyl (C=O) groups excluding carboxylic acids is 2. The summed E-state index contributed by atoms with van der Waals surface area (Å²) in [6.07, 6.45) is 17.3. The number of aromatic hydroxyl groups is 1. The number of unbranched alkanes of at least 4 members (excludes halogenated alkanes) is 13. The molecule has 0 saturated carbocycles. The quantitative estimate of drug-likeness (QED) is 0.0752. The molecule has 2 aromatic carbocycles. The van der Waals surface area contributed by atoms with Gasteiger partial charge in [0.1, 0.15) is 11.5 Å². The van der Waals surface area contributed by atoms with Crippen LogP contribution in [0.5, 0.6) is 17.2 Å². The Morgan fingerprint density at radius 2 is 1.31 bits per heavy atom. The summed E-state index contributed by atoms with van der Waals surface area (Å²) >= 11 is 0. The molecule has 1 aliphatic heterocycles. The van der Waals surface area contributed by atoms with Crippen molar-refractivity contribution < 1.29 is 29.3 Å². The average molecular weight is 580 g/mol. The molecule has 230 valence electrons. The van der Waals surface area contributed by atoms with Crippen molar-refractivity contribution >= 4 is 17.4 Å². The Kier molecular flexibility index (Phi) is 13.7. The number of Topliss-reactive ketones (excluding diaryl/α,β-unsaturated/α-hetero) is 1. The highest BCUT2D eigenvalue weighted by Gasteiger charge is 2.46. The Morgan fingerprint density at radius 1 is 0.762 bits per heavy atom. The number of hydrogen-bond donors (Lipinski definition) is 2. The van der Waals surface area contributed by atoms with Crippen molar-refractivity contribution in [3.05, 3.63) is 59.2 Å². The van der Waals surface area contributed by atoms with Gasteiger partial charge in [0.15, 0.2) is 11.5 Å². The number of methoxy groups -OCH3 is 2. The monoisotopic (exact) mass is 579 g/mol. The van der Waals surface area contributed by atoms with Gasteiger partial charge in [-0.15, -0.1) is 0 Å². The molecule has 0 spiro atoms. The summed E-state index contributed by atoms with van der Waals surface area (Å²) in [4.78, 5) is 28.1. The first-order valence-electron chi connectivity index (χ1n) is 15.7. The van der Waals surface area contributed by atoms with Gasteiger partial charge in [0.25, 0.3) is 11.7 Å². The molecule has 7 nitrogen and oxygen atoms in total. The number of aliphatic hydroxyl groups excluding tert-OH is 1. The van der Waals surface area contributed by atoms with Gasteiger partial charge in [0.2, 0.25) is 0 Å². The fourth-order valence-electron chi connectivity index (χ4n) is 5.70. The third-order valence-electron chi connectivity index (χ3n) is 8.18. The van der Waals surface area contributed by atoms with Gasteiger partial charge >= 0.3 is 0 Å². The minimum atomic E-state index is -0.788. The molecule has 2 N–H and O–H groups in total. The lowest BCUT2D eigenvalue weighted by molar-refractivity contribution is -0.139. The number of phenolic OH excluding ortho intramolecular Hbond substituents is 1. The summed E-state index contributed by atoms with van der Waals surface area (Å²) in [5.74, 6) is -0.775. The van der Waals surface area contributed by atoms with Crippen molar-refractivity contribution in [2.24, 2.45) is 0 Å². The zero-order chi connectivity index (χ0) is 30.3. The van der Waals surface area contributed by atoms with Crippen LogP contribution in [0.2, 0.25) is 0 Å². The molecule has 1 amide bonds. The van der Waals surface area contributed by atoms with Crippen LogP contribution < -0.4 is 9.47 Å². The van der Waals surface area contributed by atoms with Gasteiger partial charge in [0.05, 0.1) is 25.8 Å². The van der Waals surface area contributed by atoms with Crippen molar-refractivity contribution in [1.29, 1.82) is 0 Å². The van der Waals surface area contributed by atoms with Crippen LogP contribution in [0, 0.1) is 0 Å². The van der Waals surface area contributed by atoms with E-state index in [1.54, 1.807) is 48.4 Å². The molecule has 0 aliphatic carbocycles. The summed E-state index contributed by atoms with van der Waals surface area (Å²) in [6.45, 7) is 2.65. The van der Waals surface area contributed by atoms with Gasteiger partial charge in [-0.2, -0.15) is 0 Å². The maximum absolute atomic E-state index is 13.3. The van der Waals surface area contributed by atoms with E-state index in [0.29, 0.717) is 23.4 Å². The normalized spacial score (nSPS) is 16.3. The van der Waals surface area contributed by atoms with Gasteiger partial charge in [-0.25, -0.2) is 0 Å².